The van der Waals surface area contributed by atoms with Gasteiger partial charge in [-0.1, -0.05) is 12.1 Å². The molecule has 0 spiro atoms. The van der Waals surface area contributed by atoms with E-state index in [2.05, 4.69) is 10.3 Å². The van der Waals surface area contributed by atoms with Crippen LogP contribution in [0.25, 0.3) is 0 Å². The van der Waals surface area contributed by atoms with Crippen LogP contribution in [0.1, 0.15) is 10.4 Å². The molecule has 2 aromatic rings. The van der Waals surface area contributed by atoms with Gasteiger partial charge < -0.3 is 10.4 Å². The number of rotatable bonds is 2. The number of pyridine rings is 1. The highest BCUT2D eigenvalue weighted by atomic mass is 16.3. The minimum atomic E-state index is -0.297. The largest absolute Gasteiger partial charge is 0.508 e. The first-order chi connectivity index (χ1) is 7.75. The number of benzene rings is 1. The number of hydrogen-bond donors (Lipinski definition) is 2. The molecule has 0 atom stereocenters. The van der Waals surface area contributed by atoms with E-state index < -0.39 is 0 Å². The maximum Gasteiger partial charge on any atom is 0.256 e. The Kier molecular flexibility index (Phi) is 2.82. The number of phenols is 1. The second-order valence-electron chi connectivity index (χ2n) is 3.22. The number of phenolic OH excluding ortho intramolecular Hbond substituents is 1. The van der Waals surface area contributed by atoms with E-state index in [4.69, 9.17) is 0 Å². The van der Waals surface area contributed by atoms with Crippen LogP contribution in [0, 0.1) is 0 Å². The van der Waals surface area contributed by atoms with Crippen molar-refractivity contribution in [2.24, 2.45) is 0 Å². The van der Waals surface area contributed by atoms with Gasteiger partial charge in [-0.05, 0) is 30.3 Å². The zero-order valence-corrected chi connectivity index (χ0v) is 8.42. The summed E-state index contributed by atoms with van der Waals surface area (Å²) in [6.07, 6.45) is 1.60. The molecule has 4 nitrogen and oxygen atoms in total. The molecule has 16 heavy (non-hydrogen) atoms. The van der Waals surface area contributed by atoms with Gasteiger partial charge in [0.15, 0.2) is 0 Å². The van der Waals surface area contributed by atoms with Crippen LogP contribution in [0.5, 0.6) is 5.75 Å². The van der Waals surface area contributed by atoms with E-state index in [0.717, 1.165) is 0 Å². The fourth-order valence-corrected chi connectivity index (χ4v) is 1.27. The van der Waals surface area contributed by atoms with E-state index in [-0.39, 0.29) is 11.7 Å². The smallest absolute Gasteiger partial charge is 0.256 e. The maximum absolute atomic E-state index is 11.7. The Labute approximate surface area is 92.6 Å². The topological polar surface area (TPSA) is 62.2 Å². The number of nitrogens with zero attached hydrogens (tertiary/aromatic N) is 1. The molecular formula is C12H10N2O2. The highest BCUT2D eigenvalue weighted by Gasteiger charge is 2.06. The van der Waals surface area contributed by atoms with Crippen LogP contribution in [-0.4, -0.2) is 16.0 Å². The first-order valence-corrected chi connectivity index (χ1v) is 4.77. The molecule has 0 aliphatic heterocycles. The molecule has 0 aliphatic carbocycles. The first kappa shape index (κ1) is 10.2. The lowest BCUT2D eigenvalue weighted by molar-refractivity contribution is 0.102. The second kappa shape index (κ2) is 4.44. The van der Waals surface area contributed by atoms with Crippen LogP contribution in [-0.2, 0) is 0 Å². The Morgan fingerprint density at radius 2 is 2.06 bits per heavy atom. The van der Waals surface area contributed by atoms with Gasteiger partial charge >= 0.3 is 0 Å². The molecular weight excluding hydrogens is 204 g/mol. The van der Waals surface area contributed by atoms with E-state index in [1.807, 2.05) is 0 Å². The summed E-state index contributed by atoms with van der Waals surface area (Å²) in [7, 11) is 0. The monoisotopic (exact) mass is 214 g/mol. The quantitative estimate of drug-likeness (QED) is 0.804. The third-order valence-corrected chi connectivity index (χ3v) is 2.01. The van der Waals surface area contributed by atoms with Crippen LogP contribution in [0.4, 0.5) is 5.82 Å². The summed E-state index contributed by atoms with van der Waals surface area (Å²) in [6.45, 7) is 0. The van der Waals surface area contributed by atoms with Gasteiger partial charge in [-0.15, -0.1) is 0 Å². The molecule has 1 aromatic heterocycles. The molecule has 1 amide bonds. The molecule has 1 heterocycles. The lowest BCUT2D eigenvalue weighted by atomic mass is 10.2. The Morgan fingerprint density at radius 3 is 2.75 bits per heavy atom. The van der Waals surface area contributed by atoms with Crippen LogP contribution in [0.3, 0.4) is 0 Å². The average Bonchev–Trinajstić information content (AvgIpc) is 2.30. The van der Waals surface area contributed by atoms with Gasteiger partial charge in [-0.25, -0.2) is 4.98 Å². The molecule has 0 saturated carbocycles. The molecule has 80 valence electrons. The molecule has 2 rings (SSSR count). The van der Waals surface area contributed by atoms with E-state index in [1.54, 1.807) is 36.5 Å². The molecule has 0 radical (unpaired) electrons. The number of anilines is 1. The first-order valence-electron chi connectivity index (χ1n) is 4.77. The van der Waals surface area contributed by atoms with Crippen molar-refractivity contribution in [1.82, 2.24) is 4.98 Å². The van der Waals surface area contributed by atoms with Gasteiger partial charge in [-0.3, -0.25) is 4.79 Å². The lowest BCUT2D eigenvalue weighted by Gasteiger charge is -2.03. The normalized spacial score (nSPS) is 9.75. The summed E-state index contributed by atoms with van der Waals surface area (Å²) in [6, 6.07) is 11.4. The number of aromatic hydroxyl groups is 1. The molecule has 0 bridgehead atoms. The Balaban J connectivity index is 2.15. The van der Waals surface area contributed by atoms with Crippen LogP contribution in [0.2, 0.25) is 0 Å². The van der Waals surface area contributed by atoms with Gasteiger partial charge in [0.2, 0.25) is 0 Å². The Bertz CT molecular complexity index is 497. The van der Waals surface area contributed by atoms with Crippen molar-refractivity contribution in [3.8, 4) is 5.75 Å². The number of aromatic nitrogens is 1. The van der Waals surface area contributed by atoms with Crippen LogP contribution < -0.4 is 5.32 Å². The maximum atomic E-state index is 11.7. The summed E-state index contributed by atoms with van der Waals surface area (Å²) in [5.41, 5.74) is 0.394. The summed E-state index contributed by atoms with van der Waals surface area (Å²) in [5, 5.41) is 11.9. The SMILES string of the molecule is O=C(Nc1ccccn1)c1cccc(O)c1. The van der Waals surface area contributed by atoms with Crippen molar-refractivity contribution >= 4 is 11.7 Å². The zero-order chi connectivity index (χ0) is 11.4. The van der Waals surface area contributed by atoms with E-state index >= 15 is 0 Å². The van der Waals surface area contributed by atoms with Gasteiger partial charge in [-0.2, -0.15) is 0 Å². The predicted octanol–water partition coefficient (Wildman–Crippen LogP) is 2.04. The van der Waals surface area contributed by atoms with Crippen molar-refractivity contribution in [2.75, 3.05) is 5.32 Å². The highest BCUT2D eigenvalue weighted by Crippen LogP contribution is 2.12. The summed E-state index contributed by atoms with van der Waals surface area (Å²) >= 11 is 0. The number of carbonyl (C=O) groups is 1. The molecule has 4 heteroatoms. The number of hydrogen-bond acceptors (Lipinski definition) is 3. The minimum Gasteiger partial charge on any atom is -0.508 e. The molecule has 0 unspecified atom stereocenters. The average molecular weight is 214 g/mol. The van der Waals surface area contributed by atoms with Gasteiger partial charge in [0.05, 0.1) is 0 Å². The van der Waals surface area contributed by atoms with Crippen molar-refractivity contribution in [3.63, 3.8) is 0 Å². The summed E-state index contributed by atoms with van der Waals surface area (Å²) < 4.78 is 0. The highest BCUT2D eigenvalue weighted by molar-refractivity contribution is 6.03. The number of carbonyl (C=O) groups excluding carboxylic acids is 1. The molecule has 2 N–H and O–H groups in total. The van der Waals surface area contributed by atoms with Gasteiger partial charge in [0.1, 0.15) is 11.6 Å². The van der Waals surface area contributed by atoms with Crippen LogP contribution >= 0.6 is 0 Å². The Hall–Kier alpha value is -2.36. The zero-order valence-electron chi connectivity index (χ0n) is 8.42. The molecule has 0 aliphatic rings. The summed E-state index contributed by atoms with van der Waals surface area (Å²) in [4.78, 5) is 15.7. The number of nitrogens with one attached hydrogen (secondary N) is 1. The molecule has 0 fully saturated rings. The van der Waals surface area contributed by atoms with Crippen molar-refractivity contribution in [3.05, 3.63) is 54.2 Å². The van der Waals surface area contributed by atoms with Crippen LogP contribution in [0.15, 0.2) is 48.7 Å². The molecule has 0 saturated heterocycles. The fourth-order valence-electron chi connectivity index (χ4n) is 1.27. The number of amides is 1. The second-order valence-corrected chi connectivity index (χ2v) is 3.22. The fraction of sp³-hybridized carbons (Fsp3) is 0. The third kappa shape index (κ3) is 2.36. The minimum absolute atomic E-state index is 0.0636. The van der Waals surface area contributed by atoms with E-state index in [0.29, 0.717) is 11.4 Å². The third-order valence-electron chi connectivity index (χ3n) is 2.01. The molecule has 1 aromatic carbocycles. The standard InChI is InChI=1S/C12H10N2O2/c15-10-5-3-4-9(8-10)12(16)14-11-6-1-2-7-13-11/h1-8,15H,(H,13,14,16). The van der Waals surface area contributed by atoms with Crippen molar-refractivity contribution in [2.45, 2.75) is 0 Å². The van der Waals surface area contributed by atoms with E-state index in [9.17, 15) is 9.90 Å². The van der Waals surface area contributed by atoms with Gasteiger partial charge in [0.25, 0.3) is 5.91 Å². The lowest BCUT2D eigenvalue weighted by Crippen LogP contribution is -2.12. The summed E-state index contributed by atoms with van der Waals surface area (Å²) in [5.74, 6) is 0.249. The Morgan fingerprint density at radius 1 is 1.19 bits per heavy atom. The van der Waals surface area contributed by atoms with Crippen molar-refractivity contribution in [1.29, 1.82) is 0 Å². The van der Waals surface area contributed by atoms with Crippen molar-refractivity contribution < 1.29 is 9.90 Å². The predicted molar refractivity (Wildman–Crippen MR) is 60.3 cm³/mol. The van der Waals surface area contributed by atoms with Gasteiger partial charge in [0, 0.05) is 11.8 Å². The van der Waals surface area contributed by atoms with E-state index in [1.165, 1.54) is 12.1 Å².